The maximum Gasteiger partial charge on any atom is 0.573 e. The average molecular weight is 709 g/mol. The normalized spacial score (nSPS) is 25.8. The van der Waals surface area contributed by atoms with Crippen molar-refractivity contribution >= 4 is 46.4 Å². The van der Waals surface area contributed by atoms with Gasteiger partial charge in [0.2, 0.25) is 5.91 Å². The molecule has 0 aromatic heterocycles. The molecule has 6 N–H and O–H groups in total. The van der Waals surface area contributed by atoms with Gasteiger partial charge in [-0.3, -0.25) is 28.9 Å². The molecule has 6 atom stereocenters. The summed E-state index contributed by atoms with van der Waals surface area (Å²) in [5.41, 5.74) is 4.40. The van der Waals surface area contributed by atoms with Gasteiger partial charge in [0.25, 0.3) is 0 Å². The fourth-order valence-electron chi connectivity index (χ4n) is 7.64. The first kappa shape index (κ1) is 35.2. The van der Waals surface area contributed by atoms with E-state index in [1.165, 1.54) is 37.2 Å². The number of nitrogens with zero attached hydrogens (tertiary/aromatic N) is 1. The van der Waals surface area contributed by atoms with E-state index in [0.29, 0.717) is 22.4 Å². The molecule has 266 valence electrons. The highest BCUT2D eigenvalue weighted by atomic mass is 19.4. The molecule has 3 amide bonds. The molecule has 6 unspecified atom stereocenters. The van der Waals surface area contributed by atoms with E-state index < -0.39 is 88.2 Å². The van der Waals surface area contributed by atoms with Gasteiger partial charge in [0.05, 0.1) is 17.5 Å². The number of likely N-dealkylation sites (N-methyl/N-ethyl adjacent to an activating group) is 1. The molecule has 0 radical (unpaired) electrons. The summed E-state index contributed by atoms with van der Waals surface area (Å²) in [5.74, 6) is -12.0. The van der Waals surface area contributed by atoms with E-state index in [-0.39, 0.29) is 24.1 Å². The van der Waals surface area contributed by atoms with Gasteiger partial charge in [-0.1, -0.05) is 18.2 Å². The fourth-order valence-corrected chi connectivity index (χ4v) is 7.64. The van der Waals surface area contributed by atoms with Crippen molar-refractivity contribution in [3.8, 4) is 22.6 Å². The first-order chi connectivity index (χ1) is 23.9. The van der Waals surface area contributed by atoms with Gasteiger partial charge >= 0.3 is 12.4 Å². The summed E-state index contributed by atoms with van der Waals surface area (Å²) in [6.45, 7) is 0. The zero-order valence-electron chi connectivity index (χ0n) is 27.0. The number of hydrogen-bond acceptors (Lipinski definition) is 10. The Morgan fingerprint density at radius 3 is 2.06 bits per heavy atom. The minimum atomic E-state index is -4.86. The predicted molar refractivity (Wildman–Crippen MR) is 173 cm³/mol. The van der Waals surface area contributed by atoms with Crippen LogP contribution in [0.1, 0.15) is 22.3 Å². The number of aromatic hydroxyl groups is 1. The lowest BCUT2D eigenvalue weighted by Crippen LogP contribution is -2.74. The maximum absolute atomic E-state index is 14.0. The van der Waals surface area contributed by atoms with E-state index >= 15 is 0 Å². The lowest BCUT2D eigenvalue weighted by atomic mass is 9.52. The van der Waals surface area contributed by atoms with Crippen LogP contribution in [0.15, 0.2) is 60.7 Å². The second kappa shape index (κ2) is 12.6. The van der Waals surface area contributed by atoms with E-state index in [2.05, 4.69) is 15.4 Å². The molecule has 2 saturated carbocycles. The molecule has 0 bridgehead atoms. The summed E-state index contributed by atoms with van der Waals surface area (Å²) in [4.78, 5) is 80.9. The second-order valence-corrected chi connectivity index (χ2v) is 13.0. The molecule has 3 aliphatic rings. The Labute approximate surface area is 287 Å². The molecule has 3 aliphatic carbocycles. The Hall–Kier alpha value is -5.61. The van der Waals surface area contributed by atoms with Crippen molar-refractivity contribution in [3.63, 3.8) is 0 Å². The van der Waals surface area contributed by atoms with Gasteiger partial charge in [0.1, 0.15) is 11.5 Å². The summed E-state index contributed by atoms with van der Waals surface area (Å²) in [7, 11) is 3.00. The Balaban J connectivity index is 1.25. The highest BCUT2D eigenvalue weighted by molar-refractivity contribution is 6.32. The molecule has 51 heavy (non-hydrogen) atoms. The van der Waals surface area contributed by atoms with Crippen LogP contribution in [-0.2, 0) is 25.6 Å². The van der Waals surface area contributed by atoms with Crippen LogP contribution in [-0.4, -0.2) is 82.3 Å². The van der Waals surface area contributed by atoms with Crippen molar-refractivity contribution in [1.82, 2.24) is 4.90 Å². The van der Waals surface area contributed by atoms with E-state index in [1.54, 1.807) is 30.3 Å². The number of rotatable bonds is 6. The SMILES string of the molecule is CN(C)C1C(=O)C(C(N)=O)C(=O)C2(O)C(=O)C3C(=O)c4c(O)ccc(-c5ccc(NC(=O)Nc6ccc(OC(F)(F)F)cc6)cc5)c4CC3CC12. The number of carbonyl (C=O) groups excluding carboxylic acids is 6. The largest absolute Gasteiger partial charge is 0.573 e. The summed E-state index contributed by atoms with van der Waals surface area (Å²) in [5, 5.41) is 27.7. The minimum Gasteiger partial charge on any atom is -0.507 e. The number of fused-ring (bicyclic) bond motifs is 3. The monoisotopic (exact) mass is 708 g/mol. The first-order valence-corrected chi connectivity index (χ1v) is 15.7. The number of anilines is 2. The molecule has 2 fully saturated rings. The van der Waals surface area contributed by atoms with Crippen LogP contribution < -0.4 is 21.1 Å². The number of amides is 3. The number of hydrogen-bond donors (Lipinski definition) is 5. The topological polar surface area (TPSA) is 205 Å². The quantitative estimate of drug-likeness (QED) is 0.237. The van der Waals surface area contributed by atoms with Crippen LogP contribution in [0, 0.1) is 23.7 Å². The Bertz CT molecular complexity index is 1980. The number of phenolic OH excluding ortho intramolecular Hbond substituents is 1. The molecule has 3 aromatic carbocycles. The van der Waals surface area contributed by atoms with Crippen LogP contribution in [0.3, 0.4) is 0 Å². The number of alkyl halides is 3. The number of primary amides is 1. The summed E-state index contributed by atoms with van der Waals surface area (Å²) in [6, 6.07) is 11.9. The molecule has 0 aliphatic heterocycles. The molecule has 16 heteroatoms. The van der Waals surface area contributed by atoms with Crippen LogP contribution in [0.25, 0.3) is 11.1 Å². The van der Waals surface area contributed by atoms with Crippen LogP contribution in [0.2, 0.25) is 0 Å². The predicted octanol–water partition coefficient (Wildman–Crippen LogP) is 3.08. The zero-order chi connectivity index (χ0) is 37.2. The average Bonchev–Trinajstić information content (AvgIpc) is 3.03. The van der Waals surface area contributed by atoms with Gasteiger partial charge in [-0.15, -0.1) is 13.2 Å². The van der Waals surface area contributed by atoms with Crippen LogP contribution in [0.4, 0.5) is 29.3 Å². The van der Waals surface area contributed by atoms with Crippen LogP contribution >= 0.6 is 0 Å². The number of aliphatic hydroxyl groups is 1. The number of phenols is 1. The number of nitrogens with two attached hydrogens (primary N) is 1. The third kappa shape index (κ3) is 6.10. The van der Waals surface area contributed by atoms with Gasteiger partial charge in [0.15, 0.2) is 34.7 Å². The van der Waals surface area contributed by atoms with E-state index in [4.69, 9.17) is 5.73 Å². The summed E-state index contributed by atoms with van der Waals surface area (Å²) in [6.07, 6.45) is -4.90. The van der Waals surface area contributed by atoms with Crippen molar-refractivity contribution in [2.45, 2.75) is 30.8 Å². The molecule has 3 aromatic rings. The summed E-state index contributed by atoms with van der Waals surface area (Å²) >= 11 is 0. The molecule has 13 nitrogen and oxygen atoms in total. The molecular formula is C35H31F3N4O9. The number of ether oxygens (including phenoxy) is 1. The highest BCUT2D eigenvalue weighted by Crippen LogP contribution is 2.51. The number of ketones is 4. The van der Waals surface area contributed by atoms with E-state index in [9.17, 15) is 52.2 Å². The Morgan fingerprint density at radius 2 is 1.51 bits per heavy atom. The van der Waals surface area contributed by atoms with E-state index in [0.717, 1.165) is 12.1 Å². The minimum absolute atomic E-state index is 0.0603. The Kier molecular flexibility index (Phi) is 8.71. The maximum atomic E-state index is 14.0. The van der Waals surface area contributed by atoms with Crippen molar-refractivity contribution in [1.29, 1.82) is 0 Å². The van der Waals surface area contributed by atoms with Crippen LogP contribution in [0.5, 0.6) is 11.5 Å². The standard InChI is InChI=1S/C35H31F3N4O9/c1-42(2)27-22-14-16-13-21-20(15-3-5-17(6-4-15)40-33(49)41-18-7-9-19(10-8-18)51-35(36,37)38)11-12-23(43)25(21)28(44)24(16)30(46)34(22,50)31(47)26(29(27)45)32(39)48/h3-12,16,22,24,26-27,43,50H,13-14H2,1-2H3,(H2,39,48)(H2,40,41,49). The van der Waals surface area contributed by atoms with Crippen molar-refractivity contribution in [3.05, 3.63) is 71.8 Å². The number of urea groups is 1. The van der Waals surface area contributed by atoms with Crippen molar-refractivity contribution in [2.75, 3.05) is 24.7 Å². The highest BCUT2D eigenvalue weighted by Gasteiger charge is 2.69. The van der Waals surface area contributed by atoms with Crippen molar-refractivity contribution in [2.24, 2.45) is 29.4 Å². The van der Waals surface area contributed by atoms with Gasteiger partial charge < -0.3 is 31.3 Å². The number of halogens is 3. The third-order valence-corrected chi connectivity index (χ3v) is 9.74. The van der Waals surface area contributed by atoms with Gasteiger partial charge in [-0.05, 0) is 92.0 Å². The van der Waals surface area contributed by atoms with Gasteiger partial charge in [-0.2, -0.15) is 0 Å². The number of Topliss-reactive ketones (excluding diaryl/α,β-unsaturated/α-hetero) is 4. The second-order valence-electron chi connectivity index (χ2n) is 13.0. The first-order valence-electron chi connectivity index (χ1n) is 15.7. The third-order valence-electron chi connectivity index (χ3n) is 9.74. The Morgan fingerprint density at radius 1 is 0.922 bits per heavy atom. The molecule has 0 saturated heterocycles. The van der Waals surface area contributed by atoms with Gasteiger partial charge in [-0.25, -0.2) is 4.79 Å². The lowest BCUT2D eigenvalue weighted by Gasteiger charge is -2.52. The fraction of sp³-hybridized carbons (Fsp3) is 0.314. The molecule has 0 spiro atoms. The number of carbonyl (C=O) groups is 6. The lowest BCUT2D eigenvalue weighted by molar-refractivity contribution is -0.274. The smallest absolute Gasteiger partial charge is 0.507 e. The number of nitrogens with one attached hydrogen (secondary N) is 2. The molecule has 0 heterocycles. The van der Waals surface area contributed by atoms with E-state index in [1.807, 2.05) is 0 Å². The summed E-state index contributed by atoms with van der Waals surface area (Å²) < 4.78 is 41.0. The molecular weight excluding hydrogens is 677 g/mol. The number of benzene rings is 3. The van der Waals surface area contributed by atoms with Crippen molar-refractivity contribution < 1.29 is 56.9 Å². The van der Waals surface area contributed by atoms with Gasteiger partial charge in [0, 0.05) is 17.3 Å². The zero-order valence-corrected chi connectivity index (χ0v) is 27.0. The molecule has 6 rings (SSSR count).